The van der Waals surface area contributed by atoms with Crippen LogP contribution in [-0.4, -0.2) is 12.1 Å². The Bertz CT molecular complexity index is 1110. The number of ether oxygens (including phenoxy) is 1. The quantitative estimate of drug-likeness (QED) is 0.0556. The molecule has 4 aliphatic carbocycles. The zero-order valence-corrected chi connectivity index (χ0v) is 33.3. The average molecular weight is 675 g/mol. The Labute approximate surface area is 304 Å². The van der Waals surface area contributed by atoms with Crippen molar-refractivity contribution < 1.29 is 9.53 Å². The highest BCUT2D eigenvalue weighted by atomic mass is 16.5. The van der Waals surface area contributed by atoms with Crippen molar-refractivity contribution in [3.05, 3.63) is 48.1 Å². The first-order valence-electron chi connectivity index (χ1n) is 21.5. The standard InChI is InChI=1S/C47H78O2/c1-8-10-11-12-13-14-15-16-17-18-19-20-21-22-23-24-45(48)49-40-31-33-46(6)39(35-40)27-28-41-43-30-29-42(47(43,7)34-32-44(41)46)37(5)25-26-38(9-2)36(3)4/h10-15,27,36-38,40-44H,8-9,16-26,28-35H2,1-7H3/b11-10+,13-12+,15-14+. The van der Waals surface area contributed by atoms with Crippen molar-refractivity contribution in [1.82, 2.24) is 0 Å². The van der Waals surface area contributed by atoms with Gasteiger partial charge in [0, 0.05) is 12.8 Å². The van der Waals surface area contributed by atoms with Gasteiger partial charge in [-0.1, -0.05) is 142 Å². The maximum Gasteiger partial charge on any atom is 0.306 e. The van der Waals surface area contributed by atoms with Gasteiger partial charge in [0.05, 0.1) is 0 Å². The highest BCUT2D eigenvalue weighted by molar-refractivity contribution is 5.69. The minimum absolute atomic E-state index is 0.0483. The van der Waals surface area contributed by atoms with Crippen LogP contribution in [0.1, 0.15) is 183 Å². The first kappa shape index (κ1) is 40.2. The lowest BCUT2D eigenvalue weighted by atomic mass is 9.47. The van der Waals surface area contributed by atoms with Crippen molar-refractivity contribution in [2.45, 2.75) is 189 Å². The lowest BCUT2D eigenvalue weighted by molar-refractivity contribution is -0.151. The van der Waals surface area contributed by atoms with E-state index in [9.17, 15) is 4.79 Å². The Kier molecular flexibility index (Phi) is 16.3. The zero-order valence-electron chi connectivity index (χ0n) is 33.3. The van der Waals surface area contributed by atoms with Gasteiger partial charge >= 0.3 is 5.97 Å². The number of allylic oxidation sites excluding steroid dienone is 7. The number of unbranched alkanes of at least 4 members (excludes halogenated alkanes) is 7. The third-order valence-corrected chi connectivity index (χ3v) is 14.7. The van der Waals surface area contributed by atoms with Gasteiger partial charge in [0.15, 0.2) is 0 Å². The molecule has 9 atom stereocenters. The van der Waals surface area contributed by atoms with Crippen LogP contribution in [0.4, 0.5) is 0 Å². The van der Waals surface area contributed by atoms with E-state index < -0.39 is 0 Å². The SMILES string of the molecule is CC/C=C/C=C/C=C/CCCCCCCCCC(=O)OC1CCC2(C)C(=CCC3C2CCC2(C)C(C(C)CCC(CC)C(C)C)CCC32)C1. The number of carbonyl (C=O) groups excluding carboxylic acids is 1. The van der Waals surface area contributed by atoms with Crippen LogP contribution in [0.3, 0.4) is 0 Å². The highest BCUT2D eigenvalue weighted by Crippen LogP contribution is 2.67. The maximum absolute atomic E-state index is 12.8. The van der Waals surface area contributed by atoms with E-state index >= 15 is 0 Å². The molecule has 0 heterocycles. The van der Waals surface area contributed by atoms with E-state index in [1.165, 1.54) is 96.3 Å². The molecule has 2 nitrogen and oxygen atoms in total. The summed E-state index contributed by atoms with van der Waals surface area (Å²) in [5.41, 5.74) is 2.50. The number of fused-ring (bicyclic) bond motifs is 5. The molecule has 0 aliphatic heterocycles. The Morgan fingerprint density at radius 3 is 2.27 bits per heavy atom. The summed E-state index contributed by atoms with van der Waals surface area (Å²) < 4.78 is 6.13. The maximum atomic E-state index is 12.8. The van der Waals surface area contributed by atoms with Crippen LogP contribution >= 0.6 is 0 Å². The molecular weight excluding hydrogens is 597 g/mol. The molecule has 0 aromatic heterocycles. The Morgan fingerprint density at radius 1 is 0.837 bits per heavy atom. The van der Waals surface area contributed by atoms with E-state index in [2.05, 4.69) is 91.0 Å². The molecule has 3 saturated carbocycles. The molecule has 4 aliphatic rings. The number of carbonyl (C=O) groups is 1. The van der Waals surface area contributed by atoms with Crippen molar-refractivity contribution >= 4 is 5.97 Å². The van der Waals surface area contributed by atoms with Crippen LogP contribution in [0.2, 0.25) is 0 Å². The molecule has 2 heteroatoms. The van der Waals surface area contributed by atoms with Crippen LogP contribution in [0.5, 0.6) is 0 Å². The van der Waals surface area contributed by atoms with Crippen molar-refractivity contribution in [3.8, 4) is 0 Å². The van der Waals surface area contributed by atoms with Gasteiger partial charge in [0.1, 0.15) is 6.10 Å². The molecule has 0 saturated heterocycles. The molecular formula is C47H78O2. The van der Waals surface area contributed by atoms with Gasteiger partial charge < -0.3 is 4.74 Å². The van der Waals surface area contributed by atoms with Crippen LogP contribution in [-0.2, 0) is 9.53 Å². The summed E-state index contributed by atoms with van der Waals surface area (Å²) in [6.45, 7) is 17.3. The second-order valence-corrected chi connectivity index (χ2v) is 18.0. The zero-order chi connectivity index (χ0) is 35.3. The summed E-state index contributed by atoms with van der Waals surface area (Å²) in [6, 6.07) is 0. The highest BCUT2D eigenvalue weighted by Gasteiger charge is 2.59. The largest absolute Gasteiger partial charge is 0.462 e. The normalized spacial score (nSPS) is 32.7. The summed E-state index contributed by atoms with van der Waals surface area (Å²) in [5.74, 6) is 6.12. The van der Waals surface area contributed by atoms with Crippen LogP contribution in [0.25, 0.3) is 0 Å². The van der Waals surface area contributed by atoms with Crippen LogP contribution in [0.15, 0.2) is 48.1 Å². The second kappa shape index (κ2) is 19.9. The molecule has 0 aromatic rings. The van der Waals surface area contributed by atoms with E-state index in [0.29, 0.717) is 17.3 Å². The predicted octanol–water partition coefficient (Wildman–Crippen LogP) is 14.2. The van der Waals surface area contributed by atoms with Gasteiger partial charge in [0.2, 0.25) is 0 Å². The lowest BCUT2D eigenvalue weighted by Crippen LogP contribution is -2.51. The van der Waals surface area contributed by atoms with E-state index in [-0.39, 0.29) is 12.1 Å². The Morgan fingerprint density at radius 2 is 1.55 bits per heavy atom. The minimum atomic E-state index is 0.0483. The van der Waals surface area contributed by atoms with E-state index in [4.69, 9.17) is 4.74 Å². The van der Waals surface area contributed by atoms with Gasteiger partial charge in [0.25, 0.3) is 0 Å². The number of rotatable bonds is 20. The smallest absolute Gasteiger partial charge is 0.306 e. The topological polar surface area (TPSA) is 26.3 Å². The Balaban J connectivity index is 1.14. The third-order valence-electron chi connectivity index (χ3n) is 14.7. The average Bonchev–Trinajstić information content (AvgIpc) is 3.44. The molecule has 0 N–H and O–H groups in total. The Hall–Kier alpha value is -1.57. The van der Waals surface area contributed by atoms with Crippen molar-refractivity contribution in [2.24, 2.45) is 52.3 Å². The summed E-state index contributed by atoms with van der Waals surface area (Å²) >= 11 is 0. The second-order valence-electron chi connectivity index (χ2n) is 18.0. The molecule has 0 amide bonds. The van der Waals surface area contributed by atoms with E-state index in [1.54, 1.807) is 5.57 Å². The minimum Gasteiger partial charge on any atom is -0.462 e. The molecule has 0 bridgehead atoms. The van der Waals surface area contributed by atoms with Crippen LogP contribution in [0, 0.1) is 52.3 Å². The van der Waals surface area contributed by atoms with Crippen molar-refractivity contribution in [2.75, 3.05) is 0 Å². The van der Waals surface area contributed by atoms with E-state index in [1.807, 2.05) is 0 Å². The van der Waals surface area contributed by atoms with Gasteiger partial charge in [-0.3, -0.25) is 4.79 Å². The summed E-state index contributed by atoms with van der Waals surface area (Å²) in [7, 11) is 0. The van der Waals surface area contributed by atoms with Gasteiger partial charge in [-0.15, -0.1) is 0 Å². The lowest BCUT2D eigenvalue weighted by Gasteiger charge is -2.58. The van der Waals surface area contributed by atoms with E-state index in [0.717, 1.165) is 73.5 Å². The van der Waals surface area contributed by atoms with Gasteiger partial charge in [-0.25, -0.2) is 0 Å². The van der Waals surface area contributed by atoms with Gasteiger partial charge in [-0.2, -0.15) is 0 Å². The fraction of sp³-hybridized carbons (Fsp3) is 0.809. The summed E-state index contributed by atoms with van der Waals surface area (Å²) in [6.07, 6.45) is 41.6. The van der Waals surface area contributed by atoms with Crippen molar-refractivity contribution in [3.63, 3.8) is 0 Å². The molecule has 3 fully saturated rings. The first-order valence-corrected chi connectivity index (χ1v) is 21.5. The summed E-state index contributed by atoms with van der Waals surface area (Å²) in [4.78, 5) is 12.8. The molecule has 9 unspecified atom stereocenters. The molecule has 0 radical (unpaired) electrons. The molecule has 49 heavy (non-hydrogen) atoms. The number of hydrogen-bond acceptors (Lipinski definition) is 2. The number of esters is 1. The third kappa shape index (κ3) is 10.7. The molecule has 0 aromatic carbocycles. The molecule has 4 rings (SSSR count). The summed E-state index contributed by atoms with van der Waals surface area (Å²) in [5, 5.41) is 0. The fourth-order valence-corrected chi connectivity index (χ4v) is 11.6. The fourth-order valence-electron chi connectivity index (χ4n) is 11.6. The van der Waals surface area contributed by atoms with Gasteiger partial charge in [-0.05, 0) is 129 Å². The predicted molar refractivity (Wildman–Crippen MR) is 211 cm³/mol. The van der Waals surface area contributed by atoms with Crippen LogP contribution < -0.4 is 0 Å². The molecule has 0 spiro atoms. The first-order chi connectivity index (χ1) is 23.6. The monoisotopic (exact) mass is 675 g/mol. The number of hydrogen-bond donors (Lipinski definition) is 0. The van der Waals surface area contributed by atoms with Crippen molar-refractivity contribution in [1.29, 1.82) is 0 Å². The molecule has 278 valence electrons.